The zero-order valence-corrected chi connectivity index (χ0v) is 14.5. The first-order valence-electron chi connectivity index (χ1n) is 8.10. The Labute approximate surface area is 146 Å². The van der Waals surface area contributed by atoms with Gasteiger partial charge in [0.25, 0.3) is 10.1 Å². The SMILES string of the molecule is CS(=O)(=O)O[C@H]1[C@@H]2OC(c3ccccc3)OC[C@@H]2O[C@H]1C1OCCO1. The zero-order chi connectivity index (χ0) is 17.4. The Morgan fingerprint density at radius 1 is 1.00 bits per heavy atom. The topological polar surface area (TPSA) is 89.5 Å². The Kier molecular flexibility index (Phi) is 4.80. The van der Waals surface area contributed by atoms with Crippen molar-refractivity contribution in [3.8, 4) is 0 Å². The highest BCUT2D eigenvalue weighted by atomic mass is 32.2. The minimum absolute atomic E-state index is 0.261. The predicted molar refractivity (Wildman–Crippen MR) is 84.1 cm³/mol. The predicted octanol–water partition coefficient (Wildman–Crippen LogP) is 0.586. The molecule has 0 bridgehead atoms. The second kappa shape index (κ2) is 6.92. The van der Waals surface area contributed by atoms with Crippen molar-refractivity contribution >= 4 is 10.1 Å². The van der Waals surface area contributed by atoms with E-state index in [4.69, 9.17) is 27.9 Å². The summed E-state index contributed by atoms with van der Waals surface area (Å²) < 4.78 is 57.3. The lowest BCUT2D eigenvalue weighted by Crippen LogP contribution is -2.46. The molecule has 0 saturated carbocycles. The largest absolute Gasteiger partial charge is 0.362 e. The van der Waals surface area contributed by atoms with Crippen LogP contribution in [0.3, 0.4) is 0 Å². The van der Waals surface area contributed by atoms with Crippen LogP contribution in [-0.4, -0.2) is 65.2 Å². The van der Waals surface area contributed by atoms with Crippen molar-refractivity contribution in [2.24, 2.45) is 0 Å². The lowest BCUT2D eigenvalue weighted by Gasteiger charge is -2.33. The molecule has 3 fully saturated rings. The molecule has 1 aromatic rings. The Morgan fingerprint density at radius 3 is 2.40 bits per heavy atom. The van der Waals surface area contributed by atoms with E-state index in [0.717, 1.165) is 11.8 Å². The van der Waals surface area contributed by atoms with Crippen LogP contribution in [-0.2, 0) is 38.0 Å². The van der Waals surface area contributed by atoms with Crippen LogP contribution < -0.4 is 0 Å². The van der Waals surface area contributed by atoms with E-state index in [1.165, 1.54) is 0 Å². The number of rotatable bonds is 4. The van der Waals surface area contributed by atoms with Gasteiger partial charge in [-0.2, -0.15) is 8.42 Å². The van der Waals surface area contributed by atoms with Gasteiger partial charge in [0.05, 0.1) is 26.1 Å². The van der Waals surface area contributed by atoms with E-state index in [1.807, 2.05) is 30.3 Å². The molecule has 3 aliphatic rings. The average molecular weight is 372 g/mol. The van der Waals surface area contributed by atoms with Crippen molar-refractivity contribution in [1.82, 2.24) is 0 Å². The van der Waals surface area contributed by atoms with Gasteiger partial charge in [-0.15, -0.1) is 0 Å². The van der Waals surface area contributed by atoms with Gasteiger partial charge in [-0.3, -0.25) is 4.18 Å². The van der Waals surface area contributed by atoms with E-state index in [9.17, 15) is 8.42 Å². The molecule has 0 N–H and O–H groups in total. The molecular weight excluding hydrogens is 352 g/mol. The van der Waals surface area contributed by atoms with Crippen LogP contribution in [0.15, 0.2) is 30.3 Å². The Hall–Kier alpha value is -1.07. The second-order valence-electron chi connectivity index (χ2n) is 6.19. The smallest absolute Gasteiger partial charge is 0.264 e. The minimum Gasteiger partial charge on any atom is -0.362 e. The fraction of sp³-hybridized carbons (Fsp3) is 0.625. The molecule has 3 heterocycles. The van der Waals surface area contributed by atoms with Crippen molar-refractivity contribution in [2.45, 2.75) is 37.0 Å². The summed E-state index contributed by atoms with van der Waals surface area (Å²) in [6, 6.07) is 9.43. The molecule has 3 saturated heterocycles. The summed E-state index contributed by atoms with van der Waals surface area (Å²) in [6.07, 6.45) is -2.92. The lowest BCUT2D eigenvalue weighted by molar-refractivity contribution is -0.252. The number of hydrogen-bond acceptors (Lipinski definition) is 8. The summed E-state index contributed by atoms with van der Waals surface area (Å²) in [5, 5.41) is 0. The van der Waals surface area contributed by atoms with Gasteiger partial charge in [0, 0.05) is 5.56 Å². The molecule has 5 atom stereocenters. The first kappa shape index (κ1) is 17.3. The van der Waals surface area contributed by atoms with Crippen LogP contribution in [0.1, 0.15) is 11.9 Å². The standard InChI is InChI=1S/C16H20O8S/c1-25(17,18)24-13-12-11(22-14(13)16-19-7-8-20-16)9-21-15(23-12)10-5-3-2-4-6-10/h2-6,11-16H,7-9H2,1H3/t11-,12+,13-,14+,15?/m0/s1. The summed E-state index contributed by atoms with van der Waals surface area (Å²) in [7, 11) is -3.71. The molecule has 0 amide bonds. The Balaban J connectivity index is 1.57. The van der Waals surface area contributed by atoms with E-state index < -0.39 is 47.1 Å². The van der Waals surface area contributed by atoms with Crippen LogP contribution in [0, 0.1) is 0 Å². The van der Waals surface area contributed by atoms with Gasteiger partial charge in [-0.1, -0.05) is 30.3 Å². The van der Waals surface area contributed by atoms with Crippen LogP contribution in [0.25, 0.3) is 0 Å². The van der Waals surface area contributed by atoms with Crippen LogP contribution in [0.2, 0.25) is 0 Å². The lowest BCUT2D eigenvalue weighted by atomic mass is 10.1. The van der Waals surface area contributed by atoms with Gasteiger partial charge in [-0.05, 0) is 0 Å². The first-order chi connectivity index (χ1) is 12.0. The third-order valence-corrected chi connectivity index (χ3v) is 4.88. The van der Waals surface area contributed by atoms with Crippen molar-refractivity contribution in [3.63, 3.8) is 0 Å². The van der Waals surface area contributed by atoms with Crippen molar-refractivity contribution in [2.75, 3.05) is 26.1 Å². The molecule has 9 heteroatoms. The summed E-state index contributed by atoms with van der Waals surface area (Å²) in [6.45, 7) is 1.11. The molecule has 0 aromatic heterocycles. The molecular formula is C16H20O8S. The molecule has 0 radical (unpaired) electrons. The molecule has 1 aromatic carbocycles. The zero-order valence-electron chi connectivity index (χ0n) is 13.6. The van der Waals surface area contributed by atoms with E-state index in [0.29, 0.717) is 13.2 Å². The van der Waals surface area contributed by atoms with Gasteiger partial charge in [0.2, 0.25) is 0 Å². The highest BCUT2D eigenvalue weighted by Crippen LogP contribution is 2.38. The second-order valence-corrected chi connectivity index (χ2v) is 7.79. The van der Waals surface area contributed by atoms with E-state index in [-0.39, 0.29) is 6.61 Å². The minimum atomic E-state index is -3.71. The number of benzene rings is 1. The normalized spacial score (nSPS) is 36.4. The average Bonchev–Trinajstić information content (AvgIpc) is 3.22. The first-order valence-corrected chi connectivity index (χ1v) is 9.92. The quantitative estimate of drug-likeness (QED) is 0.710. The molecule has 8 nitrogen and oxygen atoms in total. The fourth-order valence-corrected chi connectivity index (χ4v) is 3.92. The third kappa shape index (κ3) is 3.72. The number of hydrogen-bond donors (Lipinski definition) is 0. The number of ether oxygens (including phenoxy) is 5. The highest BCUT2D eigenvalue weighted by Gasteiger charge is 2.55. The monoisotopic (exact) mass is 372 g/mol. The Bertz CT molecular complexity index is 687. The maximum Gasteiger partial charge on any atom is 0.264 e. The number of fused-ring (bicyclic) bond motifs is 1. The molecule has 138 valence electrons. The Morgan fingerprint density at radius 2 is 1.72 bits per heavy atom. The summed E-state index contributed by atoms with van der Waals surface area (Å²) in [4.78, 5) is 0. The fourth-order valence-electron chi connectivity index (χ4n) is 3.30. The van der Waals surface area contributed by atoms with Gasteiger partial charge in [0.1, 0.15) is 24.4 Å². The third-order valence-electron chi connectivity index (χ3n) is 4.31. The van der Waals surface area contributed by atoms with Crippen molar-refractivity contribution in [3.05, 3.63) is 35.9 Å². The molecule has 0 spiro atoms. The summed E-state index contributed by atoms with van der Waals surface area (Å²) >= 11 is 0. The van der Waals surface area contributed by atoms with Crippen LogP contribution in [0.4, 0.5) is 0 Å². The van der Waals surface area contributed by atoms with Gasteiger partial charge >= 0.3 is 0 Å². The maximum absolute atomic E-state index is 11.7. The molecule has 4 rings (SSSR count). The molecule has 3 aliphatic heterocycles. The van der Waals surface area contributed by atoms with Crippen LogP contribution >= 0.6 is 0 Å². The highest BCUT2D eigenvalue weighted by molar-refractivity contribution is 7.86. The van der Waals surface area contributed by atoms with Gasteiger partial charge in [0.15, 0.2) is 12.6 Å². The van der Waals surface area contributed by atoms with Crippen molar-refractivity contribution < 1.29 is 36.3 Å². The molecule has 0 aliphatic carbocycles. The molecule has 25 heavy (non-hydrogen) atoms. The molecule has 1 unspecified atom stereocenters. The summed E-state index contributed by atoms with van der Waals surface area (Å²) in [5.41, 5.74) is 0.843. The maximum atomic E-state index is 11.7. The van der Waals surface area contributed by atoms with E-state index >= 15 is 0 Å². The van der Waals surface area contributed by atoms with Gasteiger partial charge < -0.3 is 23.7 Å². The van der Waals surface area contributed by atoms with Crippen LogP contribution in [0.5, 0.6) is 0 Å². The van der Waals surface area contributed by atoms with Gasteiger partial charge in [-0.25, -0.2) is 0 Å². The summed E-state index contributed by atoms with van der Waals surface area (Å²) in [5.74, 6) is 0. The van der Waals surface area contributed by atoms with E-state index in [1.54, 1.807) is 0 Å². The van der Waals surface area contributed by atoms with E-state index in [2.05, 4.69) is 0 Å². The van der Waals surface area contributed by atoms with Crippen molar-refractivity contribution in [1.29, 1.82) is 0 Å².